The second-order valence-corrected chi connectivity index (χ2v) is 9.38. The van der Waals surface area contributed by atoms with Crippen LogP contribution in [0.5, 0.6) is 0 Å². The fraction of sp³-hybridized carbons (Fsp3) is 0.565. The van der Waals surface area contributed by atoms with Crippen LogP contribution in [0.4, 0.5) is 0 Å². The van der Waals surface area contributed by atoms with Gasteiger partial charge >= 0.3 is 11.4 Å². The zero-order valence-corrected chi connectivity index (χ0v) is 21.3. The van der Waals surface area contributed by atoms with E-state index in [0.717, 1.165) is 34.8 Å². The molecule has 0 aliphatic rings. The summed E-state index contributed by atoms with van der Waals surface area (Å²) in [6.07, 6.45) is 5.54. The maximum atomic E-state index is 13.1. The van der Waals surface area contributed by atoms with Gasteiger partial charge in [-0.25, -0.2) is 19.6 Å². The highest BCUT2D eigenvalue weighted by molar-refractivity contribution is 7.98. The zero-order chi connectivity index (χ0) is 25.0. The second-order valence-electron chi connectivity index (χ2n) is 8.42. The van der Waals surface area contributed by atoms with Gasteiger partial charge < -0.3 is 0 Å². The number of thioether (sulfide) groups is 1. The van der Waals surface area contributed by atoms with E-state index < -0.39 is 22.5 Å². The number of hydrogen-bond acceptors (Lipinski definition) is 7. The van der Waals surface area contributed by atoms with E-state index >= 15 is 0 Å². The predicted molar refractivity (Wildman–Crippen MR) is 134 cm³/mol. The highest BCUT2D eigenvalue weighted by atomic mass is 32.2. The van der Waals surface area contributed by atoms with Crippen molar-refractivity contribution in [1.29, 1.82) is 0 Å². The van der Waals surface area contributed by atoms with Crippen LogP contribution in [0.1, 0.15) is 57.5 Å². The van der Waals surface area contributed by atoms with Gasteiger partial charge in [0.25, 0.3) is 11.1 Å². The molecule has 3 aromatic rings. The molecule has 0 aliphatic carbocycles. The van der Waals surface area contributed by atoms with Gasteiger partial charge in [0.15, 0.2) is 5.65 Å². The van der Waals surface area contributed by atoms with E-state index in [9.17, 15) is 19.2 Å². The lowest BCUT2D eigenvalue weighted by molar-refractivity contribution is 0.602. The number of rotatable bonds is 10. The lowest BCUT2D eigenvalue weighted by Crippen LogP contribution is -2.39. The summed E-state index contributed by atoms with van der Waals surface area (Å²) < 4.78 is 5.07. The lowest BCUT2D eigenvalue weighted by atomic mass is 10.1. The van der Waals surface area contributed by atoms with Crippen molar-refractivity contribution in [1.82, 2.24) is 28.2 Å². The minimum atomic E-state index is -0.453. The normalized spacial score (nSPS) is 11.4. The van der Waals surface area contributed by atoms with Crippen LogP contribution in [0.15, 0.2) is 30.3 Å². The fourth-order valence-corrected chi connectivity index (χ4v) is 4.85. The van der Waals surface area contributed by atoms with Crippen LogP contribution < -0.4 is 22.5 Å². The Bertz CT molecular complexity index is 1430. The average Bonchev–Trinajstić information content (AvgIpc) is 2.82. The van der Waals surface area contributed by atoms with E-state index in [4.69, 9.17) is 4.98 Å². The summed E-state index contributed by atoms with van der Waals surface area (Å²) in [5.41, 5.74) is -0.801. The van der Waals surface area contributed by atoms with Crippen LogP contribution in [0.2, 0.25) is 0 Å². The maximum absolute atomic E-state index is 13.1. The van der Waals surface area contributed by atoms with Gasteiger partial charge in [0.2, 0.25) is 0 Å². The average molecular weight is 489 g/mol. The zero-order valence-electron chi connectivity index (χ0n) is 20.5. The molecule has 0 aliphatic heterocycles. The molecule has 34 heavy (non-hydrogen) atoms. The van der Waals surface area contributed by atoms with Gasteiger partial charge in [-0.15, -0.1) is 0 Å². The Kier molecular flexibility index (Phi) is 8.29. The van der Waals surface area contributed by atoms with E-state index in [-0.39, 0.29) is 11.1 Å². The van der Waals surface area contributed by atoms with Crippen molar-refractivity contribution in [2.45, 2.75) is 69.7 Å². The maximum Gasteiger partial charge on any atom is 0.332 e. The fourth-order valence-electron chi connectivity index (χ4n) is 3.79. The van der Waals surface area contributed by atoms with Gasteiger partial charge in [0, 0.05) is 51.6 Å². The number of fused-ring (bicyclic) bond motifs is 1. The van der Waals surface area contributed by atoms with Crippen LogP contribution >= 0.6 is 11.8 Å². The molecule has 3 aromatic heterocycles. The molecule has 0 unspecified atom stereocenters. The van der Waals surface area contributed by atoms with Gasteiger partial charge in [-0.2, -0.15) is 0 Å². The largest absolute Gasteiger partial charge is 0.332 e. The first kappa shape index (κ1) is 25.7. The number of aromatic nitrogens is 6. The van der Waals surface area contributed by atoms with Crippen LogP contribution in [-0.4, -0.2) is 28.2 Å². The number of aryl methyl sites for hydroxylation is 2. The van der Waals surface area contributed by atoms with Crippen LogP contribution in [0.25, 0.3) is 11.0 Å². The van der Waals surface area contributed by atoms with Gasteiger partial charge in [-0.3, -0.25) is 27.9 Å². The SMILES string of the molecule is CCCCCCc1nc(SCc2cc(=O)n(C)c(=O)n2C)c2c(=O)n(C)c(=O)n(CCC)c2n1. The molecule has 3 rings (SSSR count). The van der Waals surface area contributed by atoms with E-state index in [2.05, 4.69) is 11.9 Å². The van der Waals surface area contributed by atoms with Crippen LogP contribution in [0.3, 0.4) is 0 Å². The highest BCUT2D eigenvalue weighted by Crippen LogP contribution is 2.26. The third-order valence-corrected chi connectivity index (χ3v) is 6.89. The van der Waals surface area contributed by atoms with Gasteiger partial charge in [-0.1, -0.05) is 44.9 Å². The molecule has 0 amide bonds. The Morgan fingerprint density at radius 2 is 1.59 bits per heavy atom. The quantitative estimate of drug-likeness (QED) is 0.242. The van der Waals surface area contributed by atoms with Crippen molar-refractivity contribution in [2.75, 3.05) is 0 Å². The Balaban J connectivity index is 2.15. The van der Waals surface area contributed by atoms with Crippen molar-refractivity contribution in [3.8, 4) is 0 Å². The van der Waals surface area contributed by atoms with E-state index in [1.165, 1.54) is 41.1 Å². The van der Waals surface area contributed by atoms with Crippen molar-refractivity contribution in [2.24, 2.45) is 21.1 Å². The molecule has 184 valence electrons. The Morgan fingerprint density at radius 1 is 0.853 bits per heavy atom. The molecule has 10 nitrogen and oxygen atoms in total. The van der Waals surface area contributed by atoms with Gasteiger partial charge in [0.05, 0.1) is 0 Å². The molecule has 0 aromatic carbocycles. The lowest BCUT2D eigenvalue weighted by Gasteiger charge is -2.14. The first-order valence-electron chi connectivity index (χ1n) is 11.6. The molecule has 3 heterocycles. The monoisotopic (exact) mass is 488 g/mol. The summed E-state index contributed by atoms with van der Waals surface area (Å²) in [6.45, 7) is 4.54. The molecular weight excluding hydrogens is 456 g/mol. The molecule has 0 atom stereocenters. The standard InChI is InChI=1S/C23H32N6O4S/c1-6-8-9-10-11-16-24-19-18(21(31)28(5)23(33)29(19)12-7-2)20(25-16)34-14-15-13-17(30)27(4)22(32)26(15)3/h13H,6-12,14H2,1-5H3. The molecule has 0 N–H and O–H groups in total. The van der Waals surface area contributed by atoms with Gasteiger partial charge in [0.1, 0.15) is 16.2 Å². The molecule has 0 radical (unpaired) electrons. The smallest absolute Gasteiger partial charge is 0.300 e. The molecule has 0 saturated heterocycles. The Labute approximate surface area is 201 Å². The Morgan fingerprint density at radius 3 is 2.26 bits per heavy atom. The van der Waals surface area contributed by atoms with Gasteiger partial charge in [-0.05, 0) is 12.8 Å². The molecular formula is C23H32N6O4S. The summed E-state index contributed by atoms with van der Waals surface area (Å²) >= 11 is 1.27. The summed E-state index contributed by atoms with van der Waals surface area (Å²) in [4.78, 5) is 59.7. The summed E-state index contributed by atoms with van der Waals surface area (Å²) in [7, 11) is 4.49. The number of hydrogen-bond donors (Lipinski definition) is 0. The van der Waals surface area contributed by atoms with Crippen molar-refractivity contribution in [3.63, 3.8) is 0 Å². The Hall–Kier alpha value is -2.95. The van der Waals surface area contributed by atoms with Crippen molar-refractivity contribution in [3.05, 3.63) is 59.3 Å². The van der Waals surface area contributed by atoms with Crippen LogP contribution in [-0.2, 0) is 39.9 Å². The molecule has 0 spiro atoms. The minimum absolute atomic E-state index is 0.263. The molecule has 0 fully saturated rings. The third kappa shape index (κ3) is 5.08. The van der Waals surface area contributed by atoms with E-state index in [1.807, 2.05) is 6.92 Å². The summed E-state index contributed by atoms with van der Waals surface area (Å²) in [5, 5.41) is 0.737. The molecule has 11 heteroatoms. The van der Waals surface area contributed by atoms with E-state index in [0.29, 0.717) is 41.6 Å². The number of unbranched alkanes of at least 4 members (excludes halogenated alkanes) is 3. The van der Waals surface area contributed by atoms with Crippen LogP contribution in [0, 0.1) is 0 Å². The summed E-state index contributed by atoms with van der Waals surface area (Å²) in [5.74, 6) is 0.848. The first-order chi connectivity index (χ1) is 16.2. The van der Waals surface area contributed by atoms with Crippen molar-refractivity contribution >= 4 is 22.8 Å². The molecule has 0 saturated carbocycles. The topological polar surface area (TPSA) is 114 Å². The first-order valence-corrected chi connectivity index (χ1v) is 12.6. The summed E-state index contributed by atoms with van der Waals surface area (Å²) in [6, 6.07) is 1.41. The second kappa shape index (κ2) is 11.0. The predicted octanol–water partition coefficient (Wildman–Crippen LogP) is 1.71. The minimum Gasteiger partial charge on any atom is -0.300 e. The highest BCUT2D eigenvalue weighted by Gasteiger charge is 2.19. The van der Waals surface area contributed by atoms with Crippen molar-refractivity contribution < 1.29 is 0 Å². The van der Waals surface area contributed by atoms with E-state index in [1.54, 1.807) is 7.05 Å². The molecule has 0 bridgehead atoms. The number of nitrogens with zero attached hydrogens (tertiary/aromatic N) is 6. The third-order valence-electron chi connectivity index (χ3n) is 5.88.